The molecular formula is C66H106O6. The largest absolute Gasteiger partial charge is 0.462 e. The Hall–Kier alpha value is -4.45. The highest BCUT2D eigenvalue weighted by atomic mass is 16.6. The zero-order valence-corrected chi connectivity index (χ0v) is 46.4. The van der Waals surface area contributed by atoms with E-state index in [9.17, 15) is 14.4 Å². The molecule has 0 aliphatic heterocycles. The molecule has 0 rings (SSSR count). The smallest absolute Gasteiger partial charge is 0.306 e. The number of carbonyl (C=O) groups is 3. The standard InChI is InChI=1S/C66H106O6/c1-4-7-10-13-16-19-22-23-24-25-26-27-28-29-30-31-32-33-34-35-36-37-38-39-40-41-42-43-45-47-50-53-56-59-65(68)71-62-63(61-70-64(67)58-55-52-49-46-21-18-15-12-9-6-3)72-66(69)60-57-54-51-48-44-20-17-14-11-8-5-2/h7,10,14,16-17,19,23-24,26-27,29-30,32-33,35-36,38-39,41-42,45,47,63H,4-6,8-9,11-13,15,18,20-22,25,28,31,34,37,40,43-44,46,48-62H2,1-3H3/b10-7-,17-14-,19-16-,24-23-,27-26-,30-29-,33-32-,36-35-,39-38-,42-41-,47-45-. The van der Waals surface area contributed by atoms with Crippen LogP contribution in [0.25, 0.3) is 0 Å². The molecule has 0 aromatic heterocycles. The first-order valence-electron chi connectivity index (χ1n) is 29.2. The Labute approximate surface area is 443 Å². The summed E-state index contributed by atoms with van der Waals surface area (Å²) < 4.78 is 16.7. The number of carbonyl (C=O) groups excluding carboxylic acids is 3. The molecule has 0 aliphatic rings. The van der Waals surface area contributed by atoms with E-state index < -0.39 is 6.10 Å². The minimum atomic E-state index is -0.800. The molecule has 406 valence electrons. The normalized spacial score (nSPS) is 13.1. The van der Waals surface area contributed by atoms with E-state index in [4.69, 9.17) is 14.2 Å². The monoisotopic (exact) mass is 995 g/mol. The summed E-state index contributed by atoms with van der Waals surface area (Å²) in [5.41, 5.74) is 0. The highest BCUT2D eigenvalue weighted by Gasteiger charge is 2.19. The lowest BCUT2D eigenvalue weighted by Crippen LogP contribution is -2.30. The summed E-state index contributed by atoms with van der Waals surface area (Å²) >= 11 is 0. The van der Waals surface area contributed by atoms with Gasteiger partial charge in [0.15, 0.2) is 6.10 Å². The second-order valence-electron chi connectivity index (χ2n) is 18.8. The molecule has 0 heterocycles. The Kier molecular flexibility index (Phi) is 55.5. The predicted octanol–water partition coefficient (Wildman–Crippen LogP) is 19.8. The number of allylic oxidation sites excluding steroid dienone is 22. The fourth-order valence-electron chi connectivity index (χ4n) is 7.51. The first-order valence-corrected chi connectivity index (χ1v) is 29.2. The van der Waals surface area contributed by atoms with Crippen LogP contribution in [0.15, 0.2) is 134 Å². The first kappa shape index (κ1) is 67.5. The molecule has 0 radical (unpaired) electrons. The number of esters is 3. The molecule has 1 atom stereocenters. The number of ether oxygens (including phenoxy) is 3. The Balaban J connectivity index is 4.28. The van der Waals surface area contributed by atoms with Crippen molar-refractivity contribution < 1.29 is 28.6 Å². The van der Waals surface area contributed by atoms with Gasteiger partial charge in [-0.15, -0.1) is 0 Å². The van der Waals surface area contributed by atoms with Gasteiger partial charge >= 0.3 is 17.9 Å². The van der Waals surface area contributed by atoms with Crippen LogP contribution in [0.3, 0.4) is 0 Å². The second kappa shape index (κ2) is 59.1. The molecule has 0 bridgehead atoms. The molecule has 0 amide bonds. The van der Waals surface area contributed by atoms with Crippen LogP contribution in [0.2, 0.25) is 0 Å². The number of unbranched alkanes of at least 4 members (excludes halogenated alkanes) is 18. The van der Waals surface area contributed by atoms with Gasteiger partial charge in [0, 0.05) is 19.3 Å². The third-order valence-corrected chi connectivity index (χ3v) is 11.9. The molecule has 6 heteroatoms. The van der Waals surface area contributed by atoms with E-state index in [0.29, 0.717) is 25.7 Å². The number of rotatable bonds is 51. The van der Waals surface area contributed by atoms with Gasteiger partial charge in [0.05, 0.1) is 0 Å². The van der Waals surface area contributed by atoms with Crippen molar-refractivity contribution >= 4 is 17.9 Å². The molecule has 0 spiro atoms. The minimum Gasteiger partial charge on any atom is -0.462 e. The van der Waals surface area contributed by atoms with Crippen molar-refractivity contribution in [3.8, 4) is 0 Å². The molecule has 0 saturated heterocycles. The summed E-state index contributed by atoms with van der Waals surface area (Å²) in [6.45, 7) is 6.41. The summed E-state index contributed by atoms with van der Waals surface area (Å²) in [6.07, 6.45) is 83.2. The third kappa shape index (κ3) is 56.5. The van der Waals surface area contributed by atoms with E-state index in [0.717, 1.165) is 128 Å². The van der Waals surface area contributed by atoms with Crippen molar-refractivity contribution in [2.24, 2.45) is 0 Å². The molecule has 0 fully saturated rings. The zero-order chi connectivity index (χ0) is 52.2. The summed E-state index contributed by atoms with van der Waals surface area (Å²) in [5.74, 6) is -0.960. The van der Waals surface area contributed by atoms with Gasteiger partial charge in [-0.25, -0.2) is 0 Å². The van der Waals surface area contributed by atoms with Gasteiger partial charge in [0.2, 0.25) is 0 Å². The van der Waals surface area contributed by atoms with Crippen LogP contribution in [-0.2, 0) is 28.6 Å². The second-order valence-corrected chi connectivity index (χ2v) is 18.8. The van der Waals surface area contributed by atoms with Crippen LogP contribution in [0.1, 0.15) is 245 Å². The lowest BCUT2D eigenvalue weighted by atomic mass is 10.1. The molecule has 1 unspecified atom stereocenters. The van der Waals surface area contributed by atoms with Crippen LogP contribution >= 0.6 is 0 Å². The molecule has 0 saturated carbocycles. The van der Waals surface area contributed by atoms with Crippen LogP contribution in [0.4, 0.5) is 0 Å². The lowest BCUT2D eigenvalue weighted by Gasteiger charge is -2.18. The van der Waals surface area contributed by atoms with E-state index in [1.165, 1.54) is 70.6 Å². The van der Waals surface area contributed by atoms with Gasteiger partial charge in [-0.1, -0.05) is 244 Å². The minimum absolute atomic E-state index is 0.0967. The maximum Gasteiger partial charge on any atom is 0.306 e. The average Bonchev–Trinajstić information content (AvgIpc) is 3.38. The number of hydrogen-bond acceptors (Lipinski definition) is 6. The van der Waals surface area contributed by atoms with E-state index in [2.05, 4.69) is 154 Å². The Bertz CT molecular complexity index is 1560. The van der Waals surface area contributed by atoms with Gasteiger partial charge in [0.1, 0.15) is 13.2 Å². The Morgan fingerprint density at radius 1 is 0.292 bits per heavy atom. The quantitative estimate of drug-likeness (QED) is 0.0261. The molecule has 0 aromatic carbocycles. The van der Waals surface area contributed by atoms with Crippen LogP contribution in [-0.4, -0.2) is 37.2 Å². The number of hydrogen-bond donors (Lipinski definition) is 0. The fourth-order valence-corrected chi connectivity index (χ4v) is 7.51. The van der Waals surface area contributed by atoms with E-state index in [1.807, 2.05) is 0 Å². The summed E-state index contributed by atoms with van der Waals surface area (Å²) in [7, 11) is 0. The highest BCUT2D eigenvalue weighted by molar-refractivity contribution is 5.71. The molecule has 72 heavy (non-hydrogen) atoms. The first-order chi connectivity index (χ1) is 35.5. The van der Waals surface area contributed by atoms with Gasteiger partial charge in [-0.3, -0.25) is 14.4 Å². The van der Waals surface area contributed by atoms with Crippen molar-refractivity contribution in [1.82, 2.24) is 0 Å². The topological polar surface area (TPSA) is 78.9 Å². The summed E-state index contributed by atoms with van der Waals surface area (Å²) in [6, 6.07) is 0. The van der Waals surface area contributed by atoms with E-state index in [-0.39, 0.29) is 31.1 Å². The summed E-state index contributed by atoms with van der Waals surface area (Å²) in [5, 5.41) is 0. The van der Waals surface area contributed by atoms with Crippen LogP contribution in [0, 0.1) is 0 Å². The average molecular weight is 996 g/mol. The third-order valence-electron chi connectivity index (χ3n) is 11.9. The maximum absolute atomic E-state index is 12.8. The van der Waals surface area contributed by atoms with Crippen molar-refractivity contribution in [2.45, 2.75) is 252 Å². The SMILES string of the molecule is CC/C=C\C/C=C\C/C=C\C/C=C\C/C=C\C/C=C\C/C=C\C/C=C\C/C=C\C/C=C\CCCCC(=O)OCC(COC(=O)CCCCCCCCCCCC)OC(=O)CCCCCCC/C=C\CCCC. The van der Waals surface area contributed by atoms with Crippen LogP contribution in [0.5, 0.6) is 0 Å². The van der Waals surface area contributed by atoms with Gasteiger partial charge in [-0.2, -0.15) is 0 Å². The lowest BCUT2D eigenvalue weighted by molar-refractivity contribution is -0.167. The maximum atomic E-state index is 12.8. The summed E-state index contributed by atoms with van der Waals surface area (Å²) in [4.78, 5) is 37.9. The van der Waals surface area contributed by atoms with Crippen molar-refractivity contribution in [3.05, 3.63) is 134 Å². The zero-order valence-electron chi connectivity index (χ0n) is 46.4. The van der Waals surface area contributed by atoms with Gasteiger partial charge in [-0.05, 0) is 116 Å². The predicted molar refractivity (Wildman–Crippen MR) is 311 cm³/mol. The van der Waals surface area contributed by atoms with Gasteiger partial charge in [0.25, 0.3) is 0 Å². The van der Waals surface area contributed by atoms with Crippen molar-refractivity contribution in [1.29, 1.82) is 0 Å². The highest BCUT2D eigenvalue weighted by Crippen LogP contribution is 2.14. The van der Waals surface area contributed by atoms with E-state index >= 15 is 0 Å². The van der Waals surface area contributed by atoms with Gasteiger partial charge < -0.3 is 14.2 Å². The molecule has 0 aromatic rings. The molecule has 6 nitrogen and oxygen atoms in total. The van der Waals surface area contributed by atoms with Crippen molar-refractivity contribution in [3.63, 3.8) is 0 Å². The Morgan fingerprint density at radius 3 is 0.931 bits per heavy atom. The van der Waals surface area contributed by atoms with Crippen molar-refractivity contribution in [2.75, 3.05) is 13.2 Å². The van der Waals surface area contributed by atoms with Crippen LogP contribution < -0.4 is 0 Å². The van der Waals surface area contributed by atoms with E-state index in [1.54, 1.807) is 0 Å². The molecular weight excluding hydrogens is 889 g/mol. The molecule has 0 N–H and O–H groups in total. The molecule has 0 aliphatic carbocycles. The Morgan fingerprint density at radius 2 is 0.556 bits per heavy atom. The fraction of sp³-hybridized carbons (Fsp3) is 0.621.